The van der Waals surface area contributed by atoms with E-state index in [-0.39, 0.29) is 5.92 Å². The monoisotopic (exact) mass is 175 g/mol. The van der Waals surface area contributed by atoms with E-state index in [2.05, 4.69) is 5.16 Å². The van der Waals surface area contributed by atoms with Crippen molar-refractivity contribution in [1.29, 1.82) is 10.5 Å². The predicted molar refractivity (Wildman–Crippen MR) is 45.8 cm³/mol. The van der Waals surface area contributed by atoms with E-state index in [9.17, 15) is 0 Å². The van der Waals surface area contributed by atoms with E-state index < -0.39 is 5.92 Å². The van der Waals surface area contributed by atoms with Gasteiger partial charge >= 0.3 is 0 Å². The van der Waals surface area contributed by atoms with Gasteiger partial charge in [0.1, 0.15) is 5.92 Å². The van der Waals surface area contributed by atoms with Gasteiger partial charge in [0, 0.05) is 5.92 Å². The second-order valence-electron chi connectivity index (χ2n) is 2.89. The van der Waals surface area contributed by atoms with E-state index in [0.717, 1.165) is 0 Å². The predicted octanol–water partition coefficient (Wildman–Crippen LogP) is 1.45. The fourth-order valence-electron chi connectivity index (χ4n) is 1.31. The van der Waals surface area contributed by atoms with Crippen LogP contribution in [0.3, 0.4) is 0 Å². The lowest BCUT2D eigenvalue weighted by atomic mass is 9.85. The van der Waals surface area contributed by atoms with Crippen molar-refractivity contribution in [2.45, 2.75) is 12.8 Å². The van der Waals surface area contributed by atoms with Gasteiger partial charge in [-0.05, 0) is 18.9 Å². The maximum absolute atomic E-state index is 8.62. The van der Waals surface area contributed by atoms with Crippen molar-refractivity contribution in [3.8, 4) is 12.1 Å². The zero-order valence-corrected chi connectivity index (χ0v) is 7.01. The second-order valence-corrected chi connectivity index (χ2v) is 2.89. The number of hydrogen-bond acceptors (Lipinski definition) is 4. The lowest BCUT2D eigenvalue weighted by Crippen LogP contribution is -2.15. The van der Waals surface area contributed by atoms with E-state index >= 15 is 0 Å². The third-order valence-electron chi connectivity index (χ3n) is 2.10. The van der Waals surface area contributed by atoms with Crippen LogP contribution < -0.4 is 0 Å². The molecule has 0 radical (unpaired) electrons. The molecule has 1 N–H and O–H groups in total. The molecule has 1 atom stereocenters. The topological polar surface area (TPSA) is 80.2 Å². The highest BCUT2D eigenvalue weighted by atomic mass is 16.4. The smallest absolute Gasteiger partial charge is 0.139 e. The molecule has 0 aromatic rings. The van der Waals surface area contributed by atoms with Crippen molar-refractivity contribution in [3.63, 3.8) is 0 Å². The van der Waals surface area contributed by atoms with Crippen LogP contribution in [-0.4, -0.2) is 10.9 Å². The lowest BCUT2D eigenvalue weighted by molar-refractivity contribution is 0.317. The Labute approximate surface area is 76.4 Å². The highest BCUT2D eigenvalue weighted by molar-refractivity contribution is 5.95. The summed E-state index contributed by atoms with van der Waals surface area (Å²) in [4.78, 5) is 0. The fraction of sp³-hybridized carbons (Fsp3) is 0.444. The molecule has 0 saturated carbocycles. The highest BCUT2D eigenvalue weighted by Crippen LogP contribution is 2.22. The van der Waals surface area contributed by atoms with Gasteiger partial charge in [-0.25, -0.2) is 0 Å². The van der Waals surface area contributed by atoms with Crippen LogP contribution in [0.4, 0.5) is 0 Å². The molecular formula is C9H9N3O. The van der Waals surface area contributed by atoms with Gasteiger partial charge in [0.15, 0.2) is 0 Å². The van der Waals surface area contributed by atoms with Gasteiger partial charge in [0.2, 0.25) is 0 Å². The normalized spacial score (nSPS) is 24.2. The molecule has 66 valence electrons. The Hall–Kier alpha value is -1.81. The summed E-state index contributed by atoms with van der Waals surface area (Å²) in [7, 11) is 0. The first kappa shape index (κ1) is 9.28. The number of hydrogen-bond donors (Lipinski definition) is 1. The molecule has 13 heavy (non-hydrogen) atoms. The Morgan fingerprint density at radius 3 is 2.62 bits per heavy atom. The highest BCUT2D eigenvalue weighted by Gasteiger charge is 2.21. The van der Waals surface area contributed by atoms with Crippen molar-refractivity contribution >= 4 is 5.71 Å². The van der Waals surface area contributed by atoms with Crippen LogP contribution in [0.2, 0.25) is 0 Å². The molecule has 0 aromatic heterocycles. The van der Waals surface area contributed by atoms with E-state index in [4.69, 9.17) is 15.7 Å². The number of nitrogens with zero attached hydrogens (tertiary/aromatic N) is 3. The third-order valence-corrected chi connectivity index (χ3v) is 2.10. The Balaban J connectivity index is 2.69. The van der Waals surface area contributed by atoms with Gasteiger partial charge in [-0.3, -0.25) is 0 Å². The van der Waals surface area contributed by atoms with Crippen LogP contribution in [0.25, 0.3) is 0 Å². The van der Waals surface area contributed by atoms with Crippen molar-refractivity contribution in [2.24, 2.45) is 17.0 Å². The number of nitriles is 2. The molecule has 0 aromatic carbocycles. The third kappa shape index (κ3) is 2.07. The average Bonchev–Trinajstić information content (AvgIpc) is 2.21. The van der Waals surface area contributed by atoms with Gasteiger partial charge in [-0.15, -0.1) is 0 Å². The van der Waals surface area contributed by atoms with Gasteiger partial charge in [0.05, 0.1) is 17.9 Å². The molecule has 4 nitrogen and oxygen atoms in total. The standard InChI is InChI=1S/C9H9N3O/c10-5-8(6-11)7-1-3-9(12-13)4-2-7/h1,3,7-8,13H,2,4H2. The minimum atomic E-state index is -0.587. The molecule has 1 aliphatic rings. The van der Waals surface area contributed by atoms with Crippen LogP contribution in [0.5, 0.6) is 0 Å². The molecule has 0 saturated heterocycles. The average molecular weight is 175 g/mol. The fourth-order valence-corrected chi connectivity index (χ4v) is 1.31. The van der Waals surface area contributed by atoms with Gasteiger partial charge in [-0.2, -0.15) is 10.5 Å². The van der Waals surface area contributed by atoms with E-state index in [1.54, 1.807) is 12.2 Å². The van der Waals surface area contributed by atoms with Crippen LogP contribution in [0.15, 0.2) is 17.3 Å². The number of allylic oxidation sites excluding steroid dienone is 2. The zero-order chi connectivity index (χ0) is 9.68. The van der Waals surface area contributed by atoms with Crippen molar-refractivity contribution in [3.05, 3.63) is 12.2 Å². The Bertz CT molecular complexity index is 305. The molecular weight excluding hydrogens is 166 g/mol. The molecule has 0 heterocycles. The van der Waals surface area contributed by atoms with Crippen molar-refractivity contribution in [2.75, 3.05) is 0 Å². The quantitative estimate of drug-likeness (QED) is 0.483. The summed E-state index contributed by atoms with van der Waals surface area (Å²) in [5, 5.41) is 28.7. The Morgan fingerprint density at radius 2 is 2.23 bits per heavy atom. The van der Waals surface area contributed by atoms with E-state index in [1.807, 2.05) is 12.1 Å². The minimum Gasteiger partial charge on any atom is -0.411 e. The number of oxime groups is 1. The zero-order valence-electron chi connectivity index (χ0n) is 7.01. The second kappa shape index (κ2) is 4.27. The summed E-state index contributed by atoms with van der Waals surface area (Å²) < 4.78 is 0. The summed E-state index contributed by atoms with van der Waals surface area (Å²) in [5.74, 6) is -0.614. The Kier molecular flexibility index (Phi) is 3.05. The summed E-state index contributed by atoms with van der Waals surface area (Å²) in [5.41, 5.74) is 0.603. The Morgan fingerprint density at radius 1 is 1.54 bits per heavy atom. The van der Waals surface area contributed by atoms with Crippen molar-refractivity contribution in [1.82, 2.24) is 0 Å². The summed E-state index contributed by atoms with van der Waals surface area (Å²) in [6.45, 7) is 0. The maximum Gasteiger partial charge on any atom is 0.139 e. The molecule has 1 aliphatic carbocycles. The molecule has 4 heteroatoms. The summed E-state index contributed by atoms with van der Waals surface area (Å²) in [6.07, 6.45) is 4.74. The lowest BCUT2D eigenvalue weighted by Gasteiger charge is -2.16. The van der Waals surface area contributed by atoms with Gasteiger partial charge in [-0.1, -0.05) is 11.2 Å². The molecule has 0 amide bonds. The largest absolute Gasteiger partial charge is 0.411 e. The molecule has 0 fully saturated rings. The van der Waals surface area contributed by atoms with Crippen LogP contribution in [0, 0.1) is 34.5 Å². The van der Waals surface area contributed by atoms with E-state index in [1.165, 1.54) is 0 Å². The van der Waals surface area contributed by atoms with Gasteiger partial charge in [0.25, 0.3) is 0 Å². The molecule has 1 rings (SSSR count). The molecule has 0 spiro atoms. The summed E-state index contributed by atoms with van der Waals surface area (Å²) >= 11 is 0. The van der Waals surface area contributed by atoms with Gasteiger partial charge < -0.3 is 5.21 Å². The van der Waals surface area contributed by atoms with Crippen LogP contribution in [0.1, 0.15) is 12.8 Å². The molecule has 0 bridgehead atoms. The first-order valence-electron chi connectivity index (χ1n) is 4.00. The minimum absolute atomic E-state index is 0.0273. The first-order chi connectivity index (χ1) is 6.31. The van der Waals surface area contributed by atoms with Crippen LogP contribution >= 0.6 is 0 Å². The first-order valence-corrected chi connectivity index (χ1v) is 4.00. The van der Waals surface area contributed by atoms with Crippen LogP contribution in [-0.2, 0) is 0 Å². The van der Waals surface area contributed by atoms with E-state index in [0.29, 0.717) is 18.6 Å². The molecule has 1 unspecified atom stereocenters. The maximum atomic E-state index is 8.62. The SMILES string of the molecule is N#CC(C#N)C1C=CC(=NO)CC1. The van der Waals surface area contributed by atoms with Crippen molar-refractivity contribution < 1.29 is 5.21 Å². The molecule has 0 aliphatic heterocycles. The number of rotatable bonds is 1. The summed E-state index contributed by atoms with van der Waals surface area (Å²) in [6, 6.07) is 3.88.